The highest BCUT2D eigenvalue weighted by atomic mass is 79.9. The molecule has 1 aromatic carbocycles. The van der Waals surface area contributed by atoms with Crippen molar-refractivity contribution >= 4 is 33.0 Å². The summed E-state index contributed by atoms with van der Waals surface area (Å²) in [7, 11) is 0. The molecule has 0 unspecified atom stereocenters. The van der Waals surface area contributed by atoms with Gasteiger partial charge >= 0.3 is 0 Å². The number of nitrogens with two attached hydrogens (primary N) is 1. The Morgan fingerprint density at radius 3 is 2.94 bits per heavy atom. The fourth-order valence-electron chi connectivity index (χ4n) is 1.30. The Morgan fingerprint density at radius 2 is 2.31 bits per heavy atom. The van der Waals surface area contributed by atoms with Gasteiger partial charge < -0.3 is 10.5 Å². The van der Waals surface area contributed by atoms with Gasteiger partial charge in [0.2, 0.25) is 0 Å². The van der Waals surface area contributed by atoms with E-state index in [4.69, 9.17) is 10.5 Å². The summed E-state index contributed by atoms with van der Waals surface area (Å²) >= 11 is 5.02. The third kappa shape index (κ3) is 2.54. The van der Waals surface area contributed by atoms with Crippen molar-refractivity contribution in [2.75, 3.05) is 5.73 Å². The van der Waals surface area contributed by atoms with Crippen molar-refractivity contribution in [2.24, 2.45) is 0 Å². The van der Waals surface area contributed by atoms with E-state index >= 15 is 0 Å². The molecule has 0 atom stereocenters. The number of hydrogen-bond acceptors (Lipinski definition) is 4. The average Bonchev–Trinajstić information content (AvgIpc) is 2.63. The predicted octanol–water partition coefficient (Wildman–Crippen LogP) is 3.38. The number of rotatable bonds is 3. The van der Waals surface area contributed by atoms with Crippen LogP contribution in [-0.4, -0.2) is 4.98 Å². The minimum Gasteiger partial charge on any atom is -0.484 e. The smallest absolute Gasteiger partial charge is 0.156 e. The first kappa shape index (κ1) is 11.4. The van der Waals surface area contributed by atoms with Crippen LogP contribution in [0.5, 0.6) is 5.75 Å². The number of halogens is 1. The zero-order valence-electron chi connectivity index (χ0n) is 8.74. The summed E-state index contributed by atoms with van der Waals surface area (Å²) < 4.78 is 6.50. The lowest BCUT2D eigenvalue weighted by molar-refractivity contribution is 0.302. The zero-order chi connectivity index (χ0) is 11.5. The van der Waals surface area contributed by atoms with Crippen LogP contribution in [0.25, 0.3) is 0 Å². The second-order valence-corrected chi connectivity index (χ2v) is 5.22. The van der Waals surface area contributed by atoms with E-state index in [0.717, 1.165) is 15.2 Å². The highest BCUT2D eigenvalue weighted by molar-refractivity contribution is 9.10. The van der Waals surface area contributed by atoms with Crippen molar-refractivity contribution in [1.29, 1.82) is 0 Å². The lowest BCUT2D eigenvalue weighted by Gasteiger charge is -2.09. The highest BCUT2D eigenvalue weighted by Gasteiger charge is 2.06. The number of para-hydroxylation sites is 1. The van der Waals surface area contributed by atoms with Gasteiger partial charge in [0.15, 0.2) is 5.75 Å². The maximum Gasteiger partial charge on any atom is 0.156 e. The molecule has 0 aliphatic rings. The molecule has 0 aliphatic carbocycles. The van der Waals surface area contributed by atoms with E-state index < -0.39 is 0 Å². The second-order valence-electron chi connectivity index (χ2n) is 3.30. The summed E-state index contributed by atoms with van der Waals surface area (Å²) in [5, 5.41) is 3.03. The Morgan fingerprint density at radius 1 is 1.50 bits per heavy atom. The Bertz CT molecular complexity index is 478. The summed E-state index contributed by atoms with van der Waals surface area (Å²) in [5.41, 5.74) is 7.37. The van der Waals surface area contributed by atoms with Crippen LogP contribution in [-0.2, 0) is 6.61 Å². The molecular formula is C11H11BrN2OS. The van der Waals surface area contributed by atoms with E-state index in [9.17, 15) is 0 Å². The molecule has 0 spiro atoms. The zero-order valence-corrected chi connectivity index (χ0v) is 11.1. The molecule has 0 saturated heterocycles. The first-order chi connectivity index (χ1) is 7.66. The maximum atomic E-state index is 5.82. The minimum absolute atomic E-state index is 0.442. The van der Waals surface area contributed by atoms with Crippen LogP contribution in [0.3, 0.4) is 0 Å². The van der Waals surface area contributed by atoms with Crippen LogP contribution in [0.1, 0.15) is 10.7 Å². The molecule has 5 heteroatoms. The summed E-state index contributed by atoms with van der Waals surface area (Å²) in [4.78, 5) is 4.32. The van der Waals surface area contributed by atoms with E-state index in [2.05, 4.69) is 20.9 Å². The highest BCUT2D eigenvalue weighted by Crippen LogP contribution is 2.31. The Hall–Kier alpha value is -1.07. The van der Waals surface area contributed by atoms with Gasteiger partial charge in [-0.25, -0.2) is 4.98 Å². The molecule has 2 aromatic rings. The van der Waals surface area contributed by atoms with Crippen molar-refractivity contribution < 1.29 is 4.74 Å². The summed E-state index contributed by atoms with van der Waals surface area (Å²) in [6.07, 6.45) is 0. The van der Waals surface area contributed by atoms with Crippen molar-refractivity contribution in [3.8, 4) is 5.75 Å². The summed E-state index contributed by atoms with van der Waals surface area (Å²) in [6.45, 7) is 2.41. The number of aryl methyl sites for hydroxylation is 1. The van der Waals surface area contributed by atoms with Gasteiger partial charge in [-0.2, -0.15) is 0 Å². The number of nitrogen functional groups attached to an aromatic ring is 1. The monoisotopic (exact) mass is 298 g/mol. The first-order valence-electron chi connectivity index (χ1n) is 4.74. The minimum atomic E-state index is 0.442. The maximum absolute atomic E-state index is 5.82. The van der Waals surface area contributed by atoms with E-state index in [-0.39, 0.29) is 0 Å². The Balaban J connectivity index is 2.10. The predicted molar refractivity (Wildman–Crippen MR) is 69.7 cm³/mol. The van der Waals surface area contributed by atoms with Gasteiger partial charge in [-0.15, -0.1) is 11.3 Å². The van der Waals surface area contributed by atoms with Crippen molar-refractivity contribution in [1.82, 2.24) is 4.98 Å². The molecule has 0 amide bonds. The topological polar surface area (TPSA) is 48.1 Å². The third-order valence-corrected chi connectivity index (χ3v) is 3.48. The number of hydrogen-bond donors (Lipinski definition) is 1. The largest absolute Gasteiger partial charge is 0.484 e. The van der Waals surface area contributed by atoms with E-state index in [1.165, 1.54) is 0 Å². The molecule has 0 fully saturated rings. The van der Waals surface area contributed by atoms with Gasteiger partial charge in [-0.05, 0) is 35.0 Å². The van der Waals surface area contributed by atoms with Gasteiger partial charge in [-0.3, -0.25) is 0 Å². The molecule has 1 aromatic heterocycles. The summed E-state index contributed by atoms with van der Waals surface area (Å²) in [6, 6.07) is 5.59. The number of thiazole rings is 1. The average molecular weight is 299 g/mol. The molecule has 16 heavy (non-hydrogen) atoms. The lowest BCUT2D eigenvalue weighted by Crippen LogP contribution is -1.99. The second kappa shape index (κ2) is 4.84. The Kier molecular flexibility index (Phi) is 3.46. The van der Waals surface area contributed by atoms with Crippen LogP contribution in [0.15, 0.2) is 28.1 Å². The number of aromatic nitrogens is 1. The SMILES string of the molecule is Cc1nc(COc2c(N)cccc2Br)cs1. The number of ether oxygens (including phenoxy) is 1. The van der Waals surface area contributed by atoms with Gasteiger partial charge in [0, 0.05) is 5.38 Å². The van der Waals surface area contributed by atoms with Crippen LogP contribution in [0.4, 0.5) is 5.69 Å². The van der Waals surface area contributed by atoms with E-state index in [1.54, 1.807) is 11.3 Å². The fraction of sp³-hybridized carbons (Fsp3) is 0.182. The van der Waals surface area contributed by atoms with Gasteiger partial charge in [0.25, 0.3) is 0 Å². The number of nitrogens with zero attached hydrogens (tertiary/aromatic N) is 1. The van der Waals surface area contributed by atoms with Crippen LogP contribution in [0.2, 0.25) is 0 Å². The van der Waals surface area contributed by atoms with Crippen LogP contribution >= 0.6 is 27.3 Å². The number of anilines is 1. The number of benzene rings is 1. The first-order valence-corrected chi connectivity index (χ1v) is 6.42. The van der Waals surface area contributed by atoms with Crippen molar-refractivity contribution in [2.45, 2.75) is 13.5 Å². The third-order valence-electron chi connectivity index (χ3n) is 2.03. The Labute approximate surface area is 106 Å². The summed E-state index contributed by atoms with van der Waals surface area (Å²) in [5.74, 6) is 0.674. The fourth-order valence-corrected chi connectivity index (χ4v) is 2.39. The van der Waals surface area contributed by atoms with E-state index in [0.29, 0.717) is 18.0 Å². The molecular weight excluding hydrogens is 288 g/mol. The normalized spacial score (nSPS) is 10.4. The molecule has 1 heterocycles. The van der Waals surface area contributed by atoms with Gasteiger partial charge in [-0.1, -0.05) is 6.07 Å². The quantitative estimate of drug-likeness (QED) is 0.884. The van der Waals surface area contributed by atoms with Crippen molar-refractivity contribution in [3.63, 3.8) is 0 Å². The molecule has 0 radical (unpaired) electrons. The van der Waals surface area contributed by atoms with Crippen LogP contribution < -0.4 is 10.5 Å². The molecule has 2 N–H and O–H groups in total. The molecule has 2 rings (SSSR count). The lowest BCUT2D eigenvalue weighted by atomic mass is 10.3. The van der Waals surface area contributed by atoms with Crippen molar-refractivity contribution in [3.05, 3.63) is 38.8 Å². The van der Waals surface area contributed by atoms with Crippen LogP contribution in [0, 0.1) is 6.92 Å². The van der Waals surface area contributed by atoms with E-state index in [1.807, 2.05) is 30.5 Å². The van der Waals surface area contributed by atoms with Gasteiger partial charge in [0.05, 0.1) is 20.9 Å². The molecule has 0 aliphatic heterocycles. The standard InChI is InChI=1S/C11H11BrN2OS/c1-7-14-8(6-16-7)5-15-11-9(12)3-2-4-10(11)13/h2-4,6H,5,13H2,1H3. The molecule has 3 nitrogen and oxygen atoms in total. The van der Waals surface area contributed by atoms with Gasteiger partial charge in [0.1, 0.15) is 6.61 Å². The molecule has 0 saturated carbocycles. The molecule has 84 valence electrons. The molecule has 0 bridgehead atoms.